The summed E-state index contributed by atoms with van der Waals surface area (Å²) in [5.41, 5.74) is 0.827. The molecule has 0 unspecified atom stereocenters. The lowest BCUT2D eigenvalue weighted by Gasteiger charge is -2.00. The predicted octanol–water partition coefficient (Wildman–Crippen LogP) is 3.93. The number of hydrogen-bond acceptors (Lipinski definition) is 3. The van der Waals surface area contributed by atoms with Crippen LogP contribution in [0.25, 0.3) is 11.3 Å². The molecule has 0 atom stereocenters. The van der Waals surface area contributed by atoms with Crippen LogP contribution in [0.5, 0.6) is 0 Å². The monoisotopic (exact) mass is 338 g/mol. The summed E-state index contributed by atoms with van der Waals surface area (Å²) in [5.74, 6) is 1.13. The van der Waals surface area contributed by atoms with Gasteiger partial charge in [0.15, 0.2) is 11.7 Å². The van der Waals surface area contributed by atoms with Crippen molar-refractivity contribution in [1.82, 2.24) is 10.3 Å². The first kappa shape index (κ1) is 13.8. The second kappa shape index (κ2) is 6.06. The van der Waals surface area contributed by atoms with Crippen LogP contribution in [0.2, 0.25) is 0 Å². The fraction of sp³-hybridized carbons (Fsp3) is 0.400. The number of aromatic nitrogens is 1. The highest BCUT2D eigenvalue weighted by molar-refractivity contribution is 9.10. The van der Waals surface area contributed by atoms with E-state index in [2.05, 4.69) is 26.2 Å². The fourth-order valence-corrected chi connectivity index (χ4v) is 2.42. The molecule has 5 heteroatoms. The standard InChI is InChI=1S/C15H16BrFN2O/c16-12-8-10(3-6-13(12)17)14-9-19-15(20-14)2-1-7-18-11-4-5-11/h3,6,8-9,11,18H,1-2,4-5,7H2. The maximum Gasteiger partial charge on any atom is 0.194 e. The minimum Gasteiger partial charge on any atom is -0.441 e. The highest BCUT2D eigenvalue weighted by Crippen LogP contribution is 2.26. The third-order valence-corrected chi connectivity index (χ3v) is 3.94. The van der Waals surface area contributed by atoms with Crippen molar-refractivity contribution in [3.8, 4) is 11.3 Å². The topological polar surface area (TPSA) is 38.1 Å². The van der Waals surface area contributed by atoms with E-state index in [1.807, 2.05) is 0 Å². The van der Waals surface area contributed by atoms with Gasteiger partial charge in [-0.25, -0.2) is 9.37 Å². The molecule has 0 bridgehead atoms. The van der Waals surface area contributed by atoms with Gasteiger partial charge in [0.2, 0.25) is 0 Å². The Balaban J connectivity index is 1.58. The zero-order valence-electron chi connectivity index (χ0n) is 11.0. The minimum atomic E-state index is -0.278. The highest BCUT2D eigenvalue weighted by Gasteiger charge is 2.19. The minimum absolute atomic E-state index is 0.278. The van der Waals surface area contributed by atoms with E-state index >= 15 is 0 Å². The van der Waals surface area contributed by atoms with Crippen LogP contribution in [-0.4, -0.2) is 17.6 Å². The number of hydrogen-bond donors (Lipinski definition) is 1. The zero-order chi connectivity index (χ0) is 13.9. The summed E-state index contributed by atoms with van der Waals surface area (Å²) >= 11 is 3.18. The van der Waals surface area contributed by atoms with Gasteiger partial charge < -0.3 is 9.73 Å². The summed E-state index contributed by atoms with van der Waals surface area (Å²) in [6.07, 6.45) is 6.15. The summed E-state index contributed by atoms with van der Waals surface area (Å²) in [6.45, 7) is 1.00. The average Bonchev–Trinajstić information content (AvgIpc) is 3.15. The summed E-state index contributed by atoms with van der Waals surface area (Å²) in [4.78, 5) is 4.27. The number of rotatable bonds is 6. The van der Waals surface area contributed by atoms with Crippen LogP contribution in [0.15, 0.2) is 33.3 Å². The fourth-order valence-electron chi connectivity index (χ4n) is 2.04. The lowest BCUT2D eigenvalue weighted by Crippen LogP contribution is -2.17. The number of nitrogens with zero attached hydrogens (tertiary/aromatic N) is 1. The molecule has 1 fully saturated rings. The molecule has 1 aliphatic rings. The van der Waals surface area contributed by atoms with Gasteiger partial charge in [-0.3, -0.25) is 0 Å². The average molecular weight is 339 g/mol. The van der Waals surface area contributed by atoms with Crippen molar-refractivity contribution in [1.29, 1.82) is 0 Å². The predicted molar refractivity (Wildman–Crippen MR) is 78.9 cm³/mol. The number of halogens is 2. The third-order valence-electron chi connectivity index (χ3n) is 3.34. The number of nitrogens with one attached hydrogen (secondary N) is 1. The molecule has 1 aromatic heterocycles. The molecule has 106 valence electrons. The van der Waals surface area contributed by atoms with Crippen LogP contribution in [0.3, 0.4) is 0 Å². The van der Waals surface area contributed by atoms with Crippen LogP contribution in [0.4, 0.5) is 4.39 Å². The summed E-state index contributed by atoms with van der Waals surface area (Å²) < 4.78 is 19.3. The van der Waals surface area contributed by atoms with Crippen LogP contribution < -0.4 is 5.32 Å². The maximum atomic E-state index is 13.2. The van der Waals surface area contributed by atoms with Crippen molar-refractivity contribution in [3.05, 3.63) is 40.6 Å². The van der Waals surface area contributed by atoms with E-state index in [1.165, 1.54) is 18.9 Å². The Labute approximate surface area is 125 Å². The van der Waals surface area contributed by atoms with Crippen molar-refractivity contribution < 1.29 is 8.81 Å². The maximum absolute atomic E-state index is 13.2. The number of benzene rings is 1. The molecule has 1 heterocycles. The third kappa shape index (κ3) is 3.46. The molecule has 0 radical (unpaired) electrons. The molecule has 1 N–H and O–H groups in total. The lowest BCUT2D eigenvalue weighted by atomic mass is 10.2. The quantitative estimate of drug-likeness (QED) is 0.811. The first-order chi connectivity index (χ1) is 9.72. The van der Waals surface area contributed by atoms with Crippen molar-refractivity contribution in [3.63, 3.8) is 0 Å². The van der Waals surface area contributed by atoms with Gasteiger partial charge in [-0.15, -0.1) is 0 Å². The van der Waals surface area contributed by atoms with E-state index in [1.54, 1.807) is 18.3 Å². The molecule has 0 saturated heterocycles. The Hall–Kier alpha value is -1.20. The van der Waals surface area contributed by atoms with Gasteiger partial charge in [-0.05, 0) is 59.9 Å². The van der Waals surface area contributed by atoms with Gasteiger partial charge in [0.05, 0.1) is 10.7 Å². The Kier molecular flexibility index (Phi) is 4.17. The first-order valence-corrected chi connectivity index (χ1v) is 7.65. The van der Waals surface area contributed by atoms with Crippen molar-refractivity contribution in [2.24, 2.45) is 0 Å². The van der Waals surface area contributed by atoms with E-state index in [9.17, 15) is 4.39 Å². The molecule has 1 aliphatic carbocycles. The number of oxazole rings is 1. The van der Waals surface area contributed by atoms with Crippen LogP contribution in [0, 0.1) is 5.82 Å². The summed E-state index contributed by atoms with van der Waals surface area (Å²) in [6, 6.07) is 5.56. The second-order valence-corrected chi connectivity index (χ2v) is 5.93. The normalized spacial score (nSPS) is 14.7. The van der Waals surface area contributed by atoms with Gasteiger partial charge in [0.1, 0.15) is 5.82 Å². The second-order valence-electron chi connectivity index (χ2n) is 5.08. The highest BCUT2D eigenvalue weighted by atomic mass is 79.9. The van der Waals surface area contributed by atoms with E-state index < -0.39 is 0 Å². The van der Waals surface area contributed by atoms with Gasteiger partial charge in [0, 0.05) is 18.0 Å². The molecule has 20 heavy (non-hydrogen) atoms. The van der Waals surface area contributed by atoms with E-state index in [4.69, 9.17) is 4.42 Å². The molecular formula is C15H16BrFN2O. The molecular weight excluding hydrogens is 323 g/mol. The summed E-state index contributed by atoms with van der Waals surface area (Å²) in [7, 11) is 0. The first-order valence-electron chi connectivity index (χ1n) is 6.86. The molecule has 3 nitrogen and oxygen atoms in total. The molecule has 0 aliphatic heterocycles. The lowest BCUT2D eigenvalue weighted by molar-refractivity contribution is 0.491. The van der Waals surface area contributed by atoms with Crippen LogP contribution in [-0.2, 0) is 6.42 Å². The van der Waals surface area contributed by atoms with E-state index in [-0.39, 0.29) is 5.82 Å². The summed E-state index contributed by atoms with van der Waals surface area (Å²) in [5, 5.41) is 3.46. The Morgan fingerprint density at radius 1 is 1.40 bits per heavy atom. The van der Waals surface area contributed by atoms with Gasteiger partial charge in [-0.1, -0.05) is 0 Å². The molecule has 1 saturated carbocycles. The largest absolute Gasteiger partial charge is 0.441 e. The molecule has 1 aromatic carbocycles. The number of aryl methyl sites for hydroxylation is 1. The van der Waals surface area contributed by atoms with Crippen molar-refractivity contribution >= 4 is 15.9 Å². The van der Waals surface area contributed by atoms with Crippen LogP contribution >= 0.6 is 15.9 Å². The van der Waals surface area contributed by atoms with Gasteiger partial charge in [0.25, 0.3) is 0 Å². The van der Waals surface area contributed by atoms with E-state index in [0.29, 0.717) is 10.2 Å². The van der Waals surface area contributed by atoms with Crippen molar-refractivity contribution in [2.45, 2.75) is 31.7 Å². The Bertz CT molecular complexity index is 595. The van der Waals surface area contributed by atoms with Gasteiger partial charge >= 0.3 is 0 Å². The molecule has 0 spiro atoms. The molecule has 0 amide bonds. The Morgan fingerprint density at radius 2 is 2.25 bits per heavy atom. The van der Waals surface area contributed by atoms with Crippen LogP contribution in [0.1, 0.15) is 25.2 Å². The Morgan fingerprint density at radius 3 is 3.00 bits per heavy atom. The zero-order valence-corrected chi connectivity index (χ0v) is 12.6. The SMILES string of the molecule is Fc1ccc(-c2cnc(CCCNC3CC3)o2)cc1Br. The van der Waals surface area contributed by atoms with Crippen molar-refractivity contribution in [2.75, 3.05) is 6.54 Å². The molecule has 2 aromatic rings. The van der Waals surface area contributed by atoms with Gasteiger partial charge in [-0.2, -0.15) is 0 Å². The van der Waals surface area contributed by atoms with E-state index in [0.717, 1.165) is 36.9 Å². The molecule has 3 rings (SSSR count). The smallest absolute Gasteiger partial charge is 0.194 e.